The van der Waals surface area contributed by atoms with Gasteiger partial charge in [0.15, 0.2) is 0 Å². The van der Waals surface area contributed by atoms with Crippen molar-refractivity contribution in [2.75, 3.05) is 25.1 Å². The summed E-state index contributed by atoms with van der Waals surface area (Å²) in [7, 11) is 0. The van der Waals surface area contributed by atoms with E-state index in [1.54, 1.807) is 17.7 Å². The molecule has 1 saturated heterocycles. The Morgan fingerprint density at radius 3 is 2.72 bits per heavy atom. The molecule has 0 amide bonds. The summed E-state index contributed by atoms with van der Waals surface area (Å²) in [6.07, 6.45) is 2.82. The second-order valence-electron chi connectivity index (χ2n) is 6.24. The highest BCUT2D eigenvalue weighted by Gasteiger charge is 2.29. The second kappa shape index (κ2) is 6.88. The van der Waals surface area contributed by atoms with Crippen molar-refractivity contribution in [3.63, 3.8) is 0 Å². The van der Waals surface area contributed by atoms with Gasteiger partial charge < -0.3 is 15.2 Å². The van der Waals surface area contributed by atoms with Gasteiger partial charge >= 0.3 is 0 Å². The Kier molecular flexibility index (Phi) is 4.60. The van der Waals surface area contributed by atoms with E-state index in [1.165, 1.54) is 0 Å². The number of rotatable bonds is 4. The maximum Gasteiger partial charge on any atom is 0.147 e. The van der Waals surface area contributed by atoms with E-state index >= 15 is 0 Å². The minimum absolute atomic E-state index is 0.455. The Morgan fingerprint density at radius 2 is 1.96 bits per heavy atom. The zero-order valence-electron chi connectivity index (χ0n) is 13.5. The van der Waals surface area contributed by atoms with Crippen molar-refractivity contribution in [3.05, 3.63) is 41.7 Å². The maximum absolute atomic E-state index is 10.6. The number of anilines is 1. The van der Waals surface area contributed by atoms with Crippen LogP contribution in [0.15, 0.2) is 36.7 Å². The van der Waals surface area contributed by atoms with E-state index in [4.69, 9.17) is 16.3 Å². The first-order valence-electron chi connectivity index (χ1n) is 8.17. The number of halogens is 1. The van der Waals surface area contributed by atoms with Crippen LogP contribution < -0.4 is 5.32 Å². The molecule has 1 aliphatic heterocycles. The van der Waals surface area contributed by atoms with E-state index in [-0.39, 0.29) is 0 Å². The molecule has 0 unspecified atom stereocenters. The van der Waals surface area contributed by atoms with Crippen LogP contribution in [0.2, 0.25) is 5.02 Å². The van der Waals surface area contributed by atoms with Gasteiger partial charge in [-0.1, -0.05) is 23.7 Å². The average molecular weight is 376 g/mol. The van der Waals surface area contributed by atoms with Gasteiger partial charge in [-0.3, -0.25) is 0 Å². The first-order chi connectivity index (χ1) is 12.1. The zero-order valence-corrected chi connectivity index (χ0v) is 15.1. The Labute approximate surface area is 154 Å². The molecule has 0 saturated carbocycles. The normalized spacial score (nSPS) is 16.9. The van der Waals surface area contributed by atoms with Gasteiger partial charge in [0.25, 0.3) is 0 Å². The molecule has 0 aliphatic carbocycles. The summed E-state index contributed by atoms with van der Waals surface area (Å²) in [6.45, 7) is 1.64. The number of thiophene rings is 1. The lowest BCUT2D eigenvalue weighted by Crippen LogP contribution is -2.42. The topological polar surface area (TPSA) is 67.3 Å². The lowest BCUT2D eigenvalue weighted by Gasteiger charge is -2.32. The zero-order chi connectivity index (χ0) is 17.3. The Balaban J connectivity index is 1.60. The van der Waals surface area contributed by atoms with Crippen molar-refractivity contribution in [3.8, 4) is 10.4 Å². The summed E-state index contributed by atoms with van der Waals surface area (Å²) in [6, 6.07) is 9.81. The van der Waals surface area contributed by atoms with E-state index in [9.17, 15) is 5.11 Å². The van der Waals surface area contributed by atoms with Gasteiger partial charge in [0, 0.05) is 42.5 Å². The van der Waals surface area contributed by atoms with Crippen LogP contribution in [0.3, 0.4) is 0 Å². The molecular formula is C18H18ClN3O2S. The van der Waals surface area contributed by atoms with Crippen molar-refractivity contribution in [1.82, 2.24) is 9.97 Å². The lowest BCUT2D eigenvalue weighted by atomic mass is 9.94. The third-order valence-electron chi connectivity index (χ3n) is 4.45. The van der Waals surface area contributed by atoms with Gasteiger partial charge in [0.1, 0.15) is 12.1 Å². The fourth-order valence-corrected chi connectivity index (χ4v) is 4.12. The summed E-state index contributed by atoms with van der Waals surface area (Å²) in [5.74, 6) is 0.759. The summed E-state index contributed by atoms with van der Waals surface area (Å²) in [5.41, 5.74) is 1.25. The van der Waals surface area contributed by atoms with Crippen LogP contribution in [0.5, 0.6) is 0 Å². The van der Waals surface area contributed by atoms with Crippen LogP contribution in [0.1, 0.15) is 12.8 Å². The number of hydrogen-bond donors (Lipinski definition) is 2. The molecule has 1 fully saturated rings. The molecule has 0 bridgehead atoms. The van der Waals surface area contributed by atoms with E-state index in [1.807, 2.05) is 24.3 Å². The molecular weight excluding hydrogens is 358 g/mol. The molecule has 3 aromatic rings. The van der Waals surface area contributed by atoms with E-state index < -0.39 is 5.60 Å². The van der Waals surface area contributed by atoms with Crippen molar-refractivity contribution in [2.45, 2.75) is 18.4 Å². The molecule has 3 heterocycles. The number of ether oxygens (including phenoxy) is 1. The average Bonchev–Trinajstić information content (AvgIpc) is 3.06. The molecule has 130 valence electrons. The van der Waals surface area contributed by atoms with Gasteiger partial charge in [-0.05, 0) is 23.8 Å². The summed E-state index contributed by atoms with van der Waals surface area (Å²) in [5, 5.41) is 14.6. The highest BCUT2D eigenvalue weighted by atomic mass is 35.5. The van der Waals surface area contributed by atoms with Crippen LogP contribution in [0, 0.1) is 0 Å². The third-order valence-corrected chi connectivity index (χ3v) is 5.88. The Morgan fingerprint density at radius 1 is 1.20 bits per heavy atom. The number of hydrogen-bond acceptors (Lipinski definition) is 6. The molecule has 25 heavy (non-hydrogen) atoms. The summed E-state index contributed by atoms with van der Waals surface area (Å²) >= 11 is 7.60. The molecule has 1 aromatic carbocycles. The molecule has 0 atom stereocenters. The molecule has 1 aliphatic rings. The maximum atomic E-state index is 10.6. The quantitative estimate of drug-likeness (QED) is 0.722. The van der Waals surface area contributed by atoms with Gasteiger partial charge in [0.05, 0.1) is 15.8 Å². The minimum Gasteiger partial charge on any atom is -0.388 e. The van der Waals surface area contributed by atoms with Crippen molar-refractivity contribution < 1.29 is 9.84 Å². The first-order valence-corrected chi connectivity index (χ1v) is 9.37. The number of aromatic nitrogens is 2. The highest BCUT2D eigenvalue weighted by molar-refractivity contribution is 7.22. The highest BCUT2D eigenvalue weighted by Crippen LogP contribution is 2.36. The number of nitrogens with one attached hydrogen (secondary N) is 1. The van der Waals surface area contributed by atoms with Crippen LogP contribution in [0.25, 0.3) is 20.7 Å². The molecule has 0 radical (unpaired) electrons. The SMILES string of the molecule is OC1(CNc2ncnc3cc(-c4ccc(Cl)cc4)sc23)CCOCC1. The molecule has 0 spiro atoms. The van der Waals surface area contributed by atoms with Gasteiger partial charge in [-0.15, -0.1) is 11.3 Å². The molecule has 7 heteroatoms. The smallest absolute Gasteiger partial charge is 0.147 e. The fourth-order valence-electron chi connectivity index (χ4n) is 2.91. The van der Waals surface area contributed by atoms with Crippen molar-refractivity contribution >= 4 is 39.0 Å². The predicted octanol–water partition coefficient (Wildman–Crippen LogP) is 3.97. The molecule has 4 rings (SSSR count). The number of benzene rings is 1. The summed E-state index contributed by atoms with van der Waals surface area (Å²) in [4.78, 5) is 9.85. The molecule has 5 nitrogen and oxygen atoms in total. The van der Waals surface area contributed by atoms with Crippen molar-refractivity contribution in [1.29, 1.82) is 0 Å². The van der Waals surface area contributed by atoms with Crippen LogP contribution >= 0.6 is 22.9 Å². The number of fused-ring (bicyclic) bond motifs is 1. The lowest BCUT2D eigenvalue weighted by molar-refractivity contribution is -0.0543. The number of aliphatic hydroxyl groups is 1. The van der Waals surface area contributed by atoms with Crippen LogP contribution in [-0.2, 0) is 4.74 Å². The third kappa shape index (κ3) is 3.62. The summed E-state index contributed by atoms with van der Waals surface area (Å²) < 4.78 is 6.32. The second-order valence-corrected chi connectivity index (χ2v) is 7.73. The monoisotopic (exact) mass is 375 g/mol. The molecule has 2 N–H and O–H groups in total. The van der Waals surface area contributed by atoms with Gasteiger partial charge in [-0.25, -0.2) is 9.97 Å². The largest absolute Gasteiger partial charge is 0.388 e. The standard InChI is InChI=1S/C18H18ClN3O2S/c19-13-3-1-12(2-4-13)15-9-14-16(25-15)17(22-11-21-14)20-10-18(23)5-7-24-8-6-18/h1-4,9,11,23H,5-8,10H2,(H,20,21,22). The van der Waals surface area contributed by atoms with Gasteiger partial charge in [0.2, 0.25) is 0 Å². The van der Waals surface area contributed by atoms with Crippen LogP contribution in [0.4, 0.5) is 5.82 Å². The predicted molar refractivity (Wildman–Crippen MR) is 101 cm³/mol. The number of nitrogens with zero attached hydrogens (tertiary/aromatic N) is 2. The Hall–Kier alpha value is -1.73. The van der Waals surface area contributed by atoms with E-state index in [0.29, 0.717) is 32.6 Å². The van der Waals surface area contributed by atoms with E-state index in [0.717, 1.165) is 31.5 Å². The fraction of sp³-hybridized carbons (Fsp3) is 0.333. The van der Waals surface area contributed by atoms with Crippen LogP contribution in [-0.4, -0.2) is 40.4 Å². The van der Waals surface area contributed by atoms with E-state index in [2.05, 4.69) is 21.4 Å². The van der Waals surface area contributed by atoms with Crippen molar-refractivity contribution in [2.24, 2.45) is 0 Å². The first kappa shape index (κ1) is 16.7. The van der Waals surface area contributed by atoms with Gasteiger partial charge in [-0.2, -0.15) is 0 Å². The Bertz CT molecular complexity index is 876. The minimum atomic E-state index is -0.744. The molecule has 2 aromatic heterocycles.